The van der Waals surface area contributed by atoms with E-state index in [-0.39, 0.29) is 0 Å². The second-order valence-corrected chi connectivity index (χ2v) is 4.46. The van der Waals surface area contributed by atoms with Crippen molar-refractivity contribution in [2.45, 2.75) is 26.3 Å². The van der Waals surface area contributed by atoms with Crippen LogP contribution in [0.5, 0.6) is 11.5 Å². The molecule has 1 N–H and O–H groups in total. The van der Waals surface area contributed by atoms with E-state index in [2.05, 4.69) is 11.4 Å². The molecule has 94 valence electrons. The Labute approximate surface area is 103 Å². The van der Waals surface area contributed by atoms with Crippen LogP contribution in [0.1, 0.15) is 25.3 Å². The number of benzene rings is 1. The molecule has 0 saturated heterocycles. The molecule has 1 aromatic rings. The summed E-state index contributed by atoms with van der Waals surface area (Å²) < 4.78 is 11.0. The van der Waals surface area contributed by atoms with Crippen LogP contribution in [0.4, 0.5) is 0 Å². The minimum atomic E-state index is 0.663. The van der Waals surface area contributed by atoms with Gasteiger partial charge in [0.15, 0.2) is 11.5 Å². The van der Waals surface area contributed by atoms with Crippen molar-refractivity contribution >= 4 is 0 Å². The van der Waals surface area contributed by atoms with Gasteiger partial charge in [0, 0.05) is 12.1 Å². The Hall–Kier alpha value is -1.22. The quantitative estimate of drug-likeness (QED) is 0.788. The maximum Gasteiger partial charge on any atom is 0.165 e. The number of hydrogen-bond donors (Lipinski definition) is 1. The SMILES string of the molecule is CCOc1c(CNCC2CC2)cccc1OC. The first-order valence-electron chi connectivity index (χ1n) is 6.34. The largest absolute Gasteiger partial charge is 0.493 e. The van der Waals surface area contributed by atoms with Crippen LogP contribution in [-0.4, -0.2) is 20.3 Å². The van der Waals surface area contributed by atoms with E-state index in [1.807, 2.05) is 19.1 Å². The van der Waals surface area contributed by atoms with E-state index in [9.17, 15) is 0 Å². The van der Waals surface area contributed by atoms with Gasteiger partial charge in [-0.15, -0.1) is 0 Å². The summed E-state index contributed by atoms with van der Waals surface area (Å²) in [6.45, 7) is 4.62. The van der Waals surface area contributed by atoms with Crippen LogP contribution in [0.2, 0.25) is 0 Å². The van der Waals surface area contributed by atoms with Crippen LogP contribution >= 0.6 is 0 Å². The average Bonchev–Trinajstić information content (AvgIpc) is 3.15. The van der Waals surface area contributed by atoms with Crippen molar-refractivity contribution in [1.82, 2.24) is 5.32 Å². The van der Waals surface area contributed by atoms with E-state index in [4.69, 9.17) is 9.47 Å². The molecule has 0 aliphatic heterocycles. The first-order chi connectivity index (χ1) is 8.35. The number of nitrogens with one attached hydrogen (secondary N) is 1. The molecule has 1 aliphatic carbocycles. The molecule has 1 saturated carbocycles. The van der Waals surface area contributed by atoms with Crippen LogP contribution < -0.4 is 14.8 Å². The summed E-state index contributed by atoms with van der Waals surface area (Å²) in [4.78, 5) is 0. The summed E-state index contributed by atoms with van der Waals surface area (Å²) in [6.07, 6.45) is 2.76. The summed E-state index contributed by atoms with van der Waals surface area (Å²) in [5.74, 6) is 2.59. The molecule has 0 heterocycles. The van der Waals surface area contributed by atoms with Crippen molar-refractivity contribution in [3.63, 3.8) is 0 Å². The molecule has 1 aliphatic rings. The molecule has 0 atom stereocenters. The Kier molecular flexibility index (Phi) is 4.26. The molecule has 17 heavy (non-hydrogen) atoms. The maximum absolute atomic E-state index is 5.67. The molecule has 0 bridgehead atoms. The fourth-order valence-electron chi connectivity index (χ4n) is 1.90. The summed E-state index contributed by atoms with van der Waals surface area (Å²) >= 11 is 0. The normalized spacial score (nSPS) is 14.7. The monoisotopic (exact) mass is 235 g/mol. The van der Waals surface area contributed by atoms with E-state index < -0.39 is 0 Å². The zero-order valence-corrected chi connectivity index (χ0v) is 10.7. The number of hydrogen-bond acceptors (Lipinski definition) is 3. The maximum atomic E-state index is 5.67. The lowest BCUT2D eigenvalue weighted by Crippen LogP contribution is -2.17. The Morgan fingerprint density at radius 1 is 1.35 bits per heavy atom. The molecule has 3 heteroatoms. The zero-order chi connectivity index (χ0) is 12.1. The van der Waals surface area contributed by atoms with Gasteiger partial charge in [0.25, 0.3) is 0 Å². The van der Waals surface area contributed by atoms with E-state index >= 15 is 0 Å². The molecule has 0 amide bonds. The van der Waals surface area contributed by atoms with Gasteiger partial charge in [0.2, 0.25) is 0 Å². The first kappa shape index (κ1) is 12.2. The van der Waals surface area contributed by atoms with Crippen LogP contribution in [0.25, 0.3) is 0 Å². The van der Waals surface area contributed by atoms with Gasteiger partial charge in [-0.3, -0.25) is 0 Å². The second-order valence-electron chi connectivity index (χ2n) is 4.46. The molecule has 2 rings (SSSR count). The van der Waals surface area contributed by atoms with Gasteiger partial charge >= 0.3 is 0 Å². The molecular formula is C14H21NO2. The second kappa shape index (κ2) is 5.92. The third kappa shape index (κ3) is 3.37. The number of ether oxygens (including phenoxy) is 2. The fraction of sp³-hybridized carbons (Fsp3) is 0.571. The molecule has 0 unspecified atom stereocenters. The van der Waals surface area contributed by atoms with Crippen LogP contribution in [-0.2, 0) is 6.54 Å². The van der Waals surface area contributed by atoms with Crippen LogP contribution in [0.15, 0.2) is 18.2 Å². The number of rotatable bonds is 7. The lowest BCUT2D eigenvalue weighted by Gasteiger charge is -2.14. The Balaban J connectivity index is 2.01. The summed E-state index contributed by atoms with van der Waals surface area (Å²) in [6, 6.07) is 6.04. The van der Waals surface area contributed by atoms with E-state index in [1.54, 1.807) is 7.11 Å². The molecule has 0 spiro atoms. The van der Waals surface area contributed by atoms with Gasteiger partial charge in [-0.1, -0.05) is 12.1 Å². The van der Waals surface area contributed by atoms with Gasteiger partial charge in [-0.2, -0.15) is 0 Å². The highest BCUT2D eigenvalue weighted by Gasteiger charge is 2.20. The van der Waals surface area contributed by atoms with Gasteiger partial charge < -0.3 is 14.8 Å². The van der Waals surface area contributed by atoms with Crippen molar-refractivity contribution in [2.75, 3.05) is 20.3 Å². The van der Waals surface area contributed by atoms with Gasteiger partial charge in [0.1, 0.15) is 0 Å². The molecule has 3 nitrogen and oxygen atoms in total. The van der Waals surface area contributed by atoms with Gasteiger partial charge in [-0.05, 0) is 38.3 Å². The highest BCUT2D eigenvalue weighted by Crippen LogP contribution is 2.31. The summed E-state index contributed by atoms with van der Waals surface area (Å²) in [7, 11) is 1.68. The summed E-state index contributed by atoms with van der Waals surface area (Å²) in [5, 5.41) is 3.48. The van der Waals surface area contributed by atoms with Crippen molar-refractivity contribution < 1.29 is 9.47 Å². The Morgan fingerprint density at radius 3 is 2.82 bits per heavy atom. The molecular weight excluding hydrogens is 214 g/mol. The number of para-hydroxylation sites is 1. The fourth-order valence-corrected chi connectivity index (χ4v) is 1.90. The van der Waals surface area contributed by atoms with Crippen molar-refractivity contribution in [1.29, 1.82) is 0 Å². The molecule has 1 fully saturated rings. The van der Waals surface area contributed by atoms with Crippen molar-refractivity contribution in [3.05, 3.63) is 23.8 Å². The average molecular weight is 235 g/mol. The van der Waals surface area contributed by atoms with E-state index in [1.165, 1.54) is 18.4 Å². The minimum Gasteiger partial charge on any atom is -0.493 e. The molecule has 1 aromatic carbocycles. The van der Waals surface area contributed by atoms with Gasteiger partial charge in [-0.25, -0.2) is 0 Å². The first-order valence-corrected chi connectivity index (χ1v) is 6.34. The predicted octanol–water partition coefficient (Wildman–Crippen LogP) is 2.59. The van der Waals surface area contributed by atoms with E-state index in [0.717, 1.165) is 30.5 Å². The number of methoxy groups -OCH3 is 1. The Bertz CT molecular complexity index is 361. The zero-order valence-electron chi connectivity index (χ0n) is 10.7. The predicted molar refractivity (Wildman–Crippen MR) is 68.6 cm³/mol. The third-order valence-electron chi connectivity index (χ3n) is 3.01. The minimum absolute atomic E-state index is 0.663. The highest BCUT2D eigenvalue weighted by molar-refractivity contribution is 5.46. The van der Waals surface area contributed by atoms with Crippen LogP contribution in [0.3, 0.4) is 0 Å². The third-order valence-corrected chi connectivity index (χ3v) is 3.01. The lowest BCUT2D eigenvalue weighted by molar-refractivity contribution is 0.306. The van der Waals surface area contributed by atoms with Crippen molar-refractivity contribution in [3.8, 4) is 11.5 Å². The van der Waals surface area contributed by atoms with Gasteiger partial charge in [0.05, 0.1) is 13.7 Å². The van der Waals surface area contributed by atoms with Crippen molar-refractivity contribution in [2.24, 2.45) is 5.92 Å². The lowest BCUT2D eigenvalue weighted by atomic mass is 10.2. The Morgan fingerprint density at radius 2 is 2.18 bits per heavy atom. The molecule has 0 aromatic heterocycles. The standard InChI is InChI=1S/C14H21NO2/c1-3-17-14-12(5-4-6-13(14)16-2)10-15-9-11-7-8-11/h4-6,11,15H,3,7-10H2,1-2H3. The topological polar surface area (TPSA) is 30.5 Å². The van der Waals surface area contributed by atoms with E-state index in [0.29, 0.717) is 6.61 Å². The van der Waals surface area contributed by atoms with Crippen LogP contribution in [0, 0.1) is 5.92 Å². The highest BCUT2D eigenvalue weighted by atomic mass is 16.5. The summed E-state index contributed by atoms with van der Waals surface area (Å²) in [5.41, 5.74) is 1.17. The molecule has 0 radical (unpaired) electrons. The smallest absolute Gasteiger partial charge is 0.165 e.